The summed E-state index contributed by atoms with van der Waals surface area (Å²) in [4.78, 5) is 0. The lowest BCUT2D eigenvalue weighted by Gasteiger charge is -2.16. The average molecular weight is 214 g/mol. The van der Waals surface area contributed by atoms with E-state index in [-0.39, 0.29) is 10.6 Å². The van der Waals surface area contributed by atoms with E-state index in [1.807, 2.05) is 18.7 Å². The van der Waals surface area contributed by atoms with Crippen LogP contribution in [-0.4, -0.2) is 19.6 Å². The minimum absolute atomic E-state index is 0.242. The van der Waals surface area contributed by atoms with Crippen LogP contribution in [0.3, 0.4) is 0 Å². The second-order valence-electron chi connectivity index (χ2n) is 4.21. The summed E-state index contributed by atoms with van der Waals surface area (Å²) in [7, 11) is 0. The van der Waals surface area contributed by atoms with Crippen LogP contribution >= 0.6 is 11.8 Å². The second kappa shape index (κ2) is 4.26. The molecule has 0 spiro atoms. The van der Waals surface area contributed by atoms with Gasteiger partial charge in [-0.15, -0.1) is 11.8 Å². The Balaban J connectivity index is 2.60. The first-order valence-corrected chi connectivity index (χ1v) is 5.80. The van der Waals surface area contributed by atoms with Gasteiger partial charge in [0.05, 0.1) is 5.69 Å². The van der Waals surface area contributed by atoms with Crippen molar-refractivity contribution in [2.45, 2.75) is 44.7 Å². The topological polar surface area (TPSA) is 38.0 Å². The van der Waals surface area contributed by atoms with Crippen LogP contribution < -0.4 is 0 Å². The molecule has 0 fully saturated rings. The van der Waals surface area contributed by atoms with Crippen LogP contribution in [0.5, 0.6) is 5.88 Å². The fourth-order valence-electron chi connectivity index (χ4n) is 1.05. The highest BCUT2D eigenvalue weighted by atomic mass is 32.2. The molecule has 3 nitrogen and oxygen atoms in total. The van der Waals surface area contributed by atoms with E-state index >= 15 is 0 Å². The van der Waals surface area contributed by atoms with Crippen LogP contribution in [-0.2, 0) is 12.3 Å². The average Bonchev–Trinajstić information content (AvgIpc) is 2.42. The summed E-state index contributed by atoms with van der Waals surface area (Å²) in [5.74, 6) is 1.11. The summed E-state index contributed by atoms with van der Waals surface area (Å²) >= 11 is 1.83. The Kier molecular flexibility index (Phi) is 3.48. The molecule has 0 radical (unpaired) electrons. The van der Waals surface area contributed by atoms with Gasteiger partial charge in [0.25, 0.3) is 0 Å². The molecule has 0 aliphatic carbocycles. The lowest BCUT2D eigenvalue weighted by molar-refractivity contribution is 0.405. The number of aryl methyl sites for hydroxylation is 1. The highest BCUT2D eigenvalue weighted by Gasteiger charge is 2.12. The van der Waals surface area contributed by atoms with Crippen LogP contribution in [0.15, 0.2) is 6.07 Å². The summed E-state index contributed by atoms with van der Waals surface area (Å²) in [5, 5.41) is 13.7. The second-order valence-corrected chi connectivity index (χ2v) is 6.01. The lowest BCUT2D eigenvalue weighted by Crippen LogP contribution is -2.07. The number of hydrogen-bond acceptors (Lipinski definition) is 3. The van der Waals surface area contributed by atoms with Crippen LogP contribution in [0.1, 0.15) is 33.4 Å². The number of hydrogen-bond donors (Lipinski definition) is 1. The van der Waals surface area contributed by atoms with Gasteiger partial charge in [-0.3, -0.25) is 0 Å². The van der Waals surface area contributed by atoms with Crippen molar-refractivity contribution in [2.24, 2.45) is 0 Å². The van der Waals surface area contributed by atoms with Crippen molar-refractivity contribution in [3.63, 3.8) is 0 Å². The Morgan fingerprint density at radius 1 is 1.50 bits per heavy atom. The quantitative estimate of drug-likeness (QED) is 0.840. The number of rotatable bonds is 3. The van der Waals surface area contributed by atoms with E-state index < -0.39 is 0 Å². The number of thioether (sulfide) groups is 1. The predicted molar refractivity (Wildman–Crippen MR) is 60.6 cm³/mol. The van der Waals surface area contributed by atoms with Crippen LogP contribution in [0.4, 0.5) is 0 Å². The van der Waals surface area contributed by atoms with E-state index in [1.54, 1.807) is 10.7 Å². The van der Waals surface area contributed by atoms with Gasteiger partial charge in [-0.1, -0.05) is 20.8 Å². The maximum Gasteiger partial charge on any atom is 0.209 e. The molecule has 0 unspecified atom stereocenters. The smallest absolute Gasteiger partial charge is 0.209 e. The van der Waals surface area contributed by atoms with Crippen LogP contribution in [0.2, 0.25) is 0 Å². The summed E-state index contributed by atoms with van der Waals surface area (Å²) in [6, 6.07) is 1.74. The standard InChI is InChI=1S/C10H18N2OS/c1-5-12-9(13)6-8(11-12)7-14-10(2,3)4/h6,13H,5,7H2,1-4H3. The van der Waals surface area contributed by atoms with Gasteiger partial charge in [-0.05, 0) is 6.92 Å². The highest BCUT2D eigenvalue weighted by molar-refractivity contribution is 7.99. The predicted octanol–water partition coefficient (Wildman–Crippen LogP) is 2.64. The van der Waals surface area contributed by atoms with Crippen molar-refractivity contribution in [3.05, 3.63) is 11.8 Å². The van der Waals surface area contributed by atoms with E-state index in [0.29, 0.717) is 6.54 Å². The van der Waals surface area contributed by atoms with Crippen molar-refractivity contribution in [2.75, 3.05) is 0 Å². The van der Waals surface area contributed by atoms with Gasteiger partial charge in [-0.25, -0.2) is 4.68 Å². The minimum Gasteiger partial charge on any atom is -0.493 e. The summed E-state index contributed by atoms with van der Waals surface area (Å²) in [6.07, 6.45) is 0. The summed E-state index contributed by atoms with van der Waals surface area (Å²) < 4.78 is 1.85. The highest BCUT2D eigenvalue weighted by Crippen LogP contribution is 2.27. The van der Waals surface area contributed by atoms with E-state index in [1.165, 1.54) is 0 Å². The van der Waals surface area contributed by atoms with Crippen molar-refractivity contribution in [1.29, 1.82) is 0 Å². The Hall–Kier alpha value is -0.640. The zero-order valence-corrected chi connectivity index (χ0v) is 10.1. The van der Waals surface area contributed by atoms with Crippen molar-refractivity contribution >= 4 is 11.8 Å². The Bertz CT molecular complexity index is 302. The third-order valence-corrected chi connectivity index (χ3v) is 3.07. The fourth-order valence-corrected chi connectivity index (χ4v) is 1.77. The Morgan fingerprint density at radius 3 is 2.57 bits per heavy atom. The molecule has 1 heterocycles. The molecule has 0 atom stereocenters. The molecule has 0 aliphatic heterocycles. The molecule has 80 valence electrons. The van der Waals surface area contributed by atoms with Crippen molar-refractivity contribution in [3.8, 4) is 5.88 Å². The molecule has 0 bridgehead atoms. The van der Waals surface area contributed by atoms with Crippen molar-refractivity contribution in [1.82, 2.24) is 9.78 Å². The lowest BCUT2D eigenvalue weighted by atomic mass is 10.3. The van der Waals surface area contributed by atoms with Crippen molar-refractivity contribution < 1.29 is 5.11 Å². The minimum atomic E-state index is 0.242. The fraction of sp³-hybridized carbons (Fsp3) is 0.700. The van der Waals surface area contributed by atoms with E-state index in [0.717, 1.165) is 11.4 Å². The van der Waals surface area contributed by atoms with Gasteiger partial charge in [0.1, 0.15) is 0 Å². The number of aromatic hydroxyl groups is 1. The zero-order chi connectivity index (χ0) is 10.8. The first kappa shape index (κ1) is 11.4. The molecule has 0 amide bonds. The van der Waals surface area contributed by atoms with Gasteiger partial charge < -0.3 is 5.11 Å². The maximum absolute atomic E-state index is 9.45. The molecular formula is C10H18N2OS. The monoisotopic (exact) mass is 214 g/mol. The van der Waals surface area contributed by atoms with Crippen LogP contribution in [0, 0.1) is 0 Å². The molecule has 4 heteroatoms. The molecule has 1 aromatic heterocycles. The maximum atomic E-state index is 9.45. The first-order chi connectivity index (χ1) is 6.42. The molecule has 0 saturated heterocycles. The molecular weight excluding hydrogens is 196 g/mol. The molecule has 0 aliphatic rings. The third kappa shape index (κ3) is 3.25. The van der Waals surface area contributed by atoms with Gasteiger partial charge in [0.2, 0.25) is 5.88 Å². The summed E-state index contributed by atoms with van der Waals surface area (Å²) in [5.41, 5.74) is 0.948. The first-order valence-electron chi connectivity index (χ1n) is 4.82. The third-order valence-electron chi connectivity index (χ3n) is 1.76. The summed E-state index contributed by atoms with van der Waals surface area (Å²) in [6.45, 7) is 9.20. The van der Waals surface area contributed by atoms with E-state index in [4.69, 9.17) is 0 Å². The molecule has 1 aromatic rings. The van der Waals surface area contributed by atoms with E-state index in [2.05, 4.69) is 25.9 Å². The number of aromatic nitrogens is 2. The largest absolute Gasteiger partial charge is 0.493 e. The Morgan fingerprint density at radius 2 is 2.14 bits per heavy atom. The van der Waals surface area contributed by atoms with E-state index in [9.17, 15) is 5.11 Å². The van der Waals surface area contributed by atoms with Gasteiger partial charge in [-0.2, -0.15) is 5.10 Å². The van der Waals surface area contributed by atoms with Crippen LogP contribution in [0.25, 0.3) is 0 Å². The number of nitrogens with zero attached hydrogens (tertiary/aromatic N) is 2. The Labute approximate surface area is 89.5 Å². The molecule has 0 saturated carbocycles. The molecule has 1 N–H and O–H groups in total. The normalized spacial score (nSPS) is 12.0. The molecule has 14 heavy (non-hydrogen) atoms. The zero-order valence-electron chi connectivity index (χ0n) is 9.24. The molecule has 0 aromatic carbocycles. The SMILES string of the molecule is CCn1nc(CSC(C)(C)C)cc1O. The van der Waals surface area contributed by atoms with Gasteiger partial charge in [0.15, 0.2) is 0 Å². The van der Waals surface area contributed by atoms with Gasteiger partial charge >= 0.3 is 0 Å². The molecule has 1 rings (SSSR count). The van der Waals surface area contributed by atoms with Gasteiger partial charge in [0, 0.05) is 23.1 Å².